The molecule has 1 aromatic rings. The molecule has 3 nitrogen and oxygen atoms in total. The highest BCUT2D eigenvalue weighted by molar-refractivity contribution is 7.11. The lowest BCUT2D eigenvalue weighted by atomic mass is 10.4. The maximum Gasteiger partial charge on any atom is 0.119 e. The molecule has 54 valence electrons. The van der Waals surface area contributed by atoms with Crippen LogP contribution in [-0.2, 0) is 19.7 Å². The van der Waals surface area contributed by atoms with Crippen molar-refractivity contribution in [2.75, 3.05) is 0 Å². The van der Waals surface area contributed by atoms with Crippen molar-refractivity contribution < 1.29 is 5.11 Å². The van der Waals surface area contributed by atoms with Crippen molar-refractivity contribution in [1.82, 2.24) is 10.3 Å². The highest BCUT2D eigenvalue weighted by Crippen LogP contribution is 2.22. The van der Waals surface area contributed by atoms with E-state index in [4.69, 9.17) is 5.11 Å². The van der Waals surface area contributed by atoms with E-state index in [0.29, 0.717) is 0 Å². The monoisotopic (exact) mass is 156 g/mol. The van der Waals surface area contributed by atoms with Crippen LogP contribution in [0.4, 0.5) is 0 Å². The first-order valence-corrected chi connectivity index (χ1v) is 4.01. The first-order valence-electron chi connectivity index (χ1n) is 3.19. The number of aromatic nitrogens is 1. The van der Waals surface area contributed by atoms with Crippen LogP contribution in [0.25, 0.3) is 0 Å². The van der Waals surface area contributed by atoms with Crippen LogP contribution in [0.15, 0.2) is 0 Å². The lowest BCUT2D eigenvalue weighted by Gasteiger charge is -1.87. The molecular weight excluding hydrogens is 148 g/mol. The van der Waals surface area contributed by atoms with Gasteiger partial charge in [0, 0.05) is 18.0 Å². The van der Waals surface area contributed by atoms with Crippen molar-refractivity contribution in [2.24, 2.45) is 0 Å². The SMILES string of the molecule is OCc1nc2c(s1)CNC2. The Morgan fingerprint density at radius 1 is 1.60 bits per heavy atom. The van der Waals surface area contributed by atoms with Gasteiger partial charge in [0.25, 0.3) is 0 Å². The van der Waals surface area contributed by atoms with Gasteiger partial charge in [0.1, 0.15) is 5.01 Å². The quantitative estimate of drug-likeness (QED) is 0.612. The van der Waals surface area contributed by atoms with E-state index < -0.39 is 0 Å². The minimum atomic E-state index is 0.0810. The van der Waals surface area contributed by atoms with Gasteiger partial charge in [-0.1, -0.05) is 0 Å². The van der Waals surface area contributed by atoms with Crippen LogP contribution in [0, 0.1) is 0 Å². The van der Waals surface area contributed by atoms with Gasteiger partial charge >= 0.3 is 0 Å². The number of fused-ring (bicyclic) bond motifs is 1. The van der Waals surface area contributed by atoms with Gasteiger partial charge in [0.05, 0.1) is 12.3 Å². The first kappa shape index (κ1) is 6.27. The number of aliphatic hydroxyl groups is 1. The van der Waals surface area contributed by atoms with Crippen LogP contribution in [0.5, 0.6) is 0 Å². The average molecular weight is 156 g/mol. The Labute approximate surface area is 62.7 Å². The normalized spacial score (nSPS) is 15.7. The summed E-state index contributed by atoms with van der Waals surface area (Å²) in [5.41, 5.74) is 1.12. The zero-order chi connectivity index (χ0) is 6.97. The second kappa shape index (κ2) is 2.30. The molecule has 0 atom stereocenters. The van der Waals surface area contributed by atoms with Crippen LogP contribution in [0.1, 0.15) is 15.6 Å². The molecule has 0 amide bonds. The van der Waals surface area contributed by atoms with E-state index >= 15 is 0 Å². The summed E-state index contributed by atoms with van der Waals surface area (Å²) in [6.45, 7) is 1.87. The maximum absolute atomic E-state index is 8.72. The summed E-state index contributed by atoms with van der Waals surface area (Å²) in [7, 11) is 0. The molecule has 2 N–H and O–H groups in total. The van der Waals surface area contributed by atoms with Crippen molar-refractivity contribution in [3.8, 4) is 0 Å². The van der Waals surface area contributed by atoms with E-state index in [9.17, 15) is 0 Å². The van der Waals surface area contributed by atoms with E-state index in [-0.39, 0.29) is 6.61 Å². The summed E-state index contributed by atoms with van der Waals surface area (Å²) >= 11 is 1.60. The second-order valence-corrected chi connectivity index (χ2v) is 3.41. The Bertz CT molecular complexity index is 224. The summed E-state index contributed by atoms with van der Waals surface area (Å²) in [5, 5.41) is 12.7. The molecule has 1 aromatic heterocycles. The summed E-state index contributed by atoms with van der Waals surface area (Å²) in [4.78, 5) is 5.50. The molecule has 0 aliphatic carbocycles. The van der Waals surface area contributed by atoms with Gasteiger partial charge in [-0.2, -0.15) is 0 Å². The third-order valence-corrected chi connectivity index (χ3v) is 2.62. The number of thiazole rings is 1. The standard InChI is InChI=1S/C6H8N2OS/c9-3-6-8-4-1-7-2-5(4)10-6/h7,9H,1-3H2. The molecule has 0 radical (unpaired) electrons. The molecule has 0 bridgehead atoms. The Hall–Kier alpha value is -0.450. The van der Waals surface area contributed by atoms with Crippen molar-refractivity contribution in [3.05, 3.63) is 15.6 Å². The highest BCUT2D eigenvalue weighted by atomic mass is 32.1. The molecule has 0 spiro atoms. The van der Waals surface area contributed by atoms with Gasteiger partial charge in [-0.25, -0.2) is 4.98 Å². The molecule has 4 heteroatoms. The third kappa shape index (κ3) is 0.847. The van der Waals surface area contributed by atoms with E-state index in [0.717, 1.165) is 23.8 Å². The molecular formula is C6H8N2OS. The molecule has 0 fully saturated rings. The largest absolute Gasteiger partial charge is 0.389 e. The molecule has 2 rings (SSSR count). The molecule has 0 saturated heterocycles. The number of rotatable bonds is 1. The van der Waals surface area contributed by atoms with E-state index in [1.165, 1.54) is 4.88 Å². The van der Waals surface area contributed by atoms with Crippen LogP contribution < -0.4 is 5.32 Å². The number of nitrogens with zero attached hydrogens (tertiary/aromatic N) is 1. The molecule has 10 heavy (non-hydrogen) atoms. The molecule has 2 heterocycles. The molecule has 0 saturated carbocycles. The fourth-order valence-corrected chi connectivity index (χ4v) is 1.99. The van der Waals surface area contributed by atoms with Gasteiger partial charge in [-0.3, -0.25) is 0 Å². The minimum Gasteiger partial charge on any atom is -0.389 e. The Kier molecular flexibility index (Phi) is 1.44. The van der Waals surface area contributed by atoms with Crippen molar-refractivity contribution >= 4 is 11.3 Å². The Morgan fingerprint density at radius 2 is 2.50 bits per heavy atom. The zero-order valence-electron chi connectivity index (χ0n) is 5.42. The first-order chi connectivity index (χ1) is 4.90. The lowest BCUT2D eigenvalue weighted by Crippen LogP contribution is -2.01. The molecule has 1 aliphatic heterocycles. The van der Waals surface area contributed by atoms with Crippen molar-refractivity contribution in [3.63, 3.8) is 0 Å². The lowest BCUT2D eigenvalue weighted by molar-refractivity contribution is 0.281. The van der Waals surface area contributed by atoms with E-state index in [1.54, 1.807) is 11.3 Å². The smallest absolute Gasteiger partial charge is 0.119 e. The second-order valence-electron chi connectivity index (χ2n) is 2.24. The fraction of sp³-hybridized carbons (Fsp3) is 0.500. The van der Waals surface area contributed by atoms with E-state index in [1.807, 2.05) is 0 Å². The molecule has 1 aliphatic rings. The van der Waals surface area contributed by atoms with Crippen LogP contribution in [0.3, 0.4) is 0 Å². The van der Waals surface area contributed by atoms with Crippen molar-refractivity contribution in [1.29, 1.82) is 0 Å². The van der Waals surface area contributed by atoms with Gasteiger partial charge in [-0.15, -0.1) is 11.3 Å². The maximum atomic E-state index is 8.72. The summed E-state index contributed by atoms with van der Waals surface area (Å²) < 4.78 is 0. The van der Waals surface area contributed by atoms with Gasteiger partial charge in [-0.05, 0) is 0 Å². The average Bonchev–Trinajstić information content (AvgIpc) is 2.42. The number of hydrogen-bond donors (Lipinski definition) is 2. The van der Waals surface area contributed by atoms with Gasteiger partial charge < -0.3 is 10.4 Å². The molecule has 0 unspecified atom stereocenters. The van der Waals surface area contributed by atoms with Crippen molar-refractivity contribution in [2.45, 2.75) is 19.7 Å². The van der Waals surface area contributed by atoms with E-state index in [2.05, 4.69) is 10.3 Å². The predicted octanol–water partition coefficient (Wildman–Crippen LogP) is 0.239. The summed E-state index contributed by atoms with van der Waals surface area (Å²) in [6.07, 6.45) is 0. The molecule has 0 aromatic carbocycles. The van der Waals surface area contributed by atoms with Gasteiger partial charge in [0.15, 0.2) is 0 Å². The highest BCUT2D eigenvalue weighted by Gasteiger charge is 2.14. The fourth-order valence-electron chi connectivity index (χ4n) is 1.08. The minimum absolute atomic E-state index is 0.0810. The predicted molar refractivity (Wildman–Crippen MR) is 38.6 cm³/mol. The topological polar surface area (TPSA) is 45.2 Å². The number of nitrogens with one attached hydrogen (secondary N) is 1. The number of hydrogen-bond acceptors (Lipinski definition) is 4. The van der Waals surface area contributed by atoms with Crippen LogP contribution in [-0.4, -0.2) is 10.1 Å². The third-order valence-electron chi connectivity index (χ3n) is 1.54. The summed E-state index contributed by atoms with van der Waals surface area (Å²) in [6, 6.07) is 0. The summed E-state index contributed by atoms with van der Waals surface area (Å²) in [5.74, 6) is 0. The van der Waals surface area contributed by atoms with Crippen LogP contribution in [0.2, 0.25) is 0 Å². The Morgan fingerprint density at radius 3 is 3.20 bits per heavy atom. The van der Waals surface area contributed by atoms with Gasteiger partial charge in [0.2, 0.25) is 0 Å². The zero-order valence-corrected chi connectivity index (χ0v) is 6.24. The Balaban J connectivity index is 2.37. The van der Waals surface area contributed by atoms with Crippen LogP contribution >= 0.6 is 11.3 Å². The number of aliphatic hydroxyl groups excluding tert-OH is 1.